The van der Waals surface area contributed by atoms with Crippen LogP contribution in [-0.4, -0.2) is 75.0 Å². The molecule has 0 radical (unpaired) electrons. The summed E-state index contributed by atoms with van der Waals surface area (Å²) in [7, 11) is -7.84. The van der Waals surface area contributed by atoms with Gasteiger partial charge in [-0.05, 0) is 6.92 Å². The van der Waals surface area contributed by atoms with Crippen molar-refractivity contribution in [3.63, 3.8) is 0 Å². The molecule has 12 nitrogen and oxygen atoms in total. The summed E-state index contributed by atoms with van der Waals surface area (Å²) in [4.78, 5) is 15.4. The number of hydrogen-bond donors (Lipinski definition) is 1. The van der Waals surface area contributed by atoms with Gasteiger partial charge in [-0.1, -0.05) is 0 Å². The molecule has 0 amide bonds. The molecule has 152 valence electrons. The lowest BCUT2D eigenvalue weighted by Crippen LogP contribution is -2.52. The molecule has 0 saturated carbocycles. The summed E-state index contributed by atoms with van der Waals surface area (Å²) in [6, 6.07) is -0.0821. The number of aromatic nitrogens is 2. The van der Waals surface area contributed by atoms with Gasteiger partial charge in [0.25, 0.3) is 25.8 Å². The molecule has 1 N–H and O–H groups in total. The van der Waals surface area contributed by atoms with Crippen molar-refractivity contribution < 1.29 is 39.8 Å². The quantitative estimate of drug-likeness (QED) is 0.496. The van der Waals surface area contributed by atoms with Crippen molar-refractivity contribution in [1.29, 1.82) is 0 Å². The maximum absolute atomic E-state index is 11.7. The number of nitrogens with zero attached hydrogens (tertiary/aromatic N) is 2. The van der Waals surface area contributed by atoms with Gasteiger partial charge < -0.3 is 14.6 Å². The smallest absolute Gasteiger partial charge is 0.302 e. The molecule has 0 spiro atoms. The van der Waals surface area contributed by atoms with Gasteiger partial charge in [0.1, 0.15) is 24.9 Å². The zero-order chi connectivity index (χ0) is 20.2. The summed E-state index contributed by atoms with van der Waals surface area (Å²) in [6.45, 7) is 0.107. The monoisotopic (exact) mass is 426 g/mol. The summed E-state index contributed by atoms with van der Waals surface area (Å²) < 4.78 is 67.5. The van der Waals surface area contributed by atoms with Crippen LogP contribution in [0, 0.1) is 6.92 Å². The van der Waals surface area contributed by atoms with E-state index in [2.05, 4.69) is 4.98 Å². The Kier molecular flexibility index (Phi) is 4.85. The summed E-state index contributed by atoms with van der Waals surface area (Å²) in [6.07, 6.45) is -0.609. The van der Waals surface area contributed by atoms with Crippen LogP contribution in [0.3, 0.4) is 0 Å². The van der Waals surface area contributed by atoms with E-state index >= 15 is 0 Å². The fourth-order valence-corrected chi connectivity index (χ4v) is 3.63. The minimum absolute atomic E-state index is 0.0821. The van der Waals surface area contributed by atoms with Gasteiger partial charge in [0.2, 0.25) is 0 Å². The third kappa shape index (κ3) is 4.00. The van der Waals surface area contributed by atoms with Gasteiger partial charge in [0.05, 0.1) is 12.5 Å². The zero-order valence-corrected chi connectivity index (χ0v) is 16.2. The molecule has 1 aromatic rings. The largest absolute Gasteiger partial charge is 0.453 e. The van der Waals surface area contributed by atoms with Gasteiger partial charge in [-0.2, -0.15) is 21.8 Å². The zero-order valence-electron chi connectivity index (χ0n) is 14.6. The van der Waals surface area contributed by atoms with Crippen molar-refractivity contribution in [3.05, 3.63) is 22.1 Å². The molecule has 27 heavy (non-hydrogen) atoms. The molecule has 0 aliphatic carbocycles. The normalized spacial score (nSPS) is 26.4. The lowest BCUT2D eigenvalue weighted by molar-refractivity contribution is -0.139. The summed E-state index contributed by atoms with van der Waals surface area (Å²) >= 11 is 0. The predicted molar refractivity (Wildman–Crippen MR) is 88.1 cm³/mol. The van der Waals surface area contributed by atoms with Crippen LogP contribution in [-0.2, 0) is 33.3 Å². The number of aliphatic hydroxyl groups excluding tert-OH is 1. The van der Waals surface area contributed by atoms with Crippen molar-refractivity contribution >= 4 is 20.2 Å². The Morgan fingerprint density at radius 3 is 2.30 bits per heavy atom. The number of ether oxygens (including phenoxy) is 2. The van der Waals surface area contributed by atoms with Crippen LogP contribution in [0.5, 0.6) is 6.01 Å². The van der Waals surface area contributed by atoms with Crippen LogP contribution >= 0.6 is 0 Å². The molecule has 3 rings (SSSR count). The van der Waals surface area contributed by atoms with Crippen molar-refractivity contribution in [2.75, 3.05) is 25.7 Å². The summed E-state index contributed by atoms with van der Waals surface area (Å²) in [5.74, 6) is 0. The Morgan fingerprint density at radius 2 is 1.78 bits per heavy atom. The van der Waals surface area contributed by atoms with Crippen LogP contribution in [0.1, 0.15) is 11.8 Å². The second kappa shape index (κ2) is 6.49. The van der Waals surface area contributed by atoms with Gasteiger partial charge >= 0.3 is 6.01 Å². The Hall–Kier alpha value is -1.58. The second-order valence-electron chi connectivity index (χ2n) is 6.45. The Bertz CT molecular complexity index is 980. The van der Waals surface area contributed by atoms with Gasteiger partial charge in [-0.25, -0.2) is 0 Å². The molecule has 1 fully saturated rings. The van der Waals surface area contributed by atoms with E-state index in [1.54, 1.807) is 0 Å². The number of hydrogen-bond acceptors (Lipinski definition) is 11. The molecule has 3 heterocycles. The fourth-order valence-electron chi connectivity index (χ4n) is 2.81. The maximum atomic E-state index is 11.7. The van der Waals surface area contributed by atoms with Crippen LogP contribution in [0.25, 0.3) is 0 Å². The lowest BCUT2D eigenvalue weighted by Gasteiger charge is -2.31. The lowest BCUT2D eigenvalue weighted by atomic mass is 9.97. The highest BCUT2D eigenvalue weighted by atomic mass is 32.2. The number of fused-ring (bicyclic) bond motifs is 3. The van der Waals surface area contributed by atoms with Gasteiger partial charge in [0.15, 0.2) is 12.3 Å². The molecule has 1 saturated heterocycles. The number of aryl methyl sites for hydroxylation is 1. The average molecular weight is 426 g/mol. The minimum Gasteiger partial charge on any atom is -0.453 e. The first kappa shape index (κ1) is 20.2. The van der Waals surface area contributed by atoms with Crippen molar-refractivity contribution in [3.8, 4) is 6.01 Å². The van der Waals surface area contributed by atoms with E-state index in [-0.39, 0.29) is 6.01 Å². The van der Waals surface area contributed by atoms with Gasteiger partial charge in [0, 0.05) is 11.8 Å². The highest BCUT2D eigenvalue weighted by molar-refractivity contribution is 7.86. The van der Waals surface area contributed by atoms with Crippen LogP contribution in [0.15, 0.2) is 11.0 Å². The number of aliphatic hydroxyl groups is 1. The molecule has 14 heteroatoms. The van der Waals surface area contributed by atoms with E-state index in [0.29, 0.717) is 5.56 Å². The van der Waals surface area contributed by atoms with E-state index in [1.807, 2.05) is 0 Å². The molecule has 1 unspecified atom stereocenters. The van der Waals surface area contributed by atoms with Crippen molar-refractivity contribution in [1.82, 2.24) is 9.55 Å². The predicted octanol–water partition coefficient (Wildman–Crippen LogP) is -2.11. The van der Waals surface area contributed by atoms with Gasteiger partial charge in [-0.3, -0.25) is 17.7 Å². The first-order chi connectivity index (χ1) is 12.3. The van der Waals surface area contributed by atoms with E-state index in [9.17, 15) is 26.7 Å². The standard InChI is InChI=1S/C13H18N2O10S2/c1-7-4-15-11-8(24-12(15)14-10(7)17)9(16)13(25-11,5-22-26(2,18)19)6-23-27(3,20)21/h4,8-9,11,16H,5-6H2,1-3H3/t8-,9?,11+/m0/s1. The Morgan fingerprint density at radius 1 is 1.22 bits per heavy atom. The van der Waals surface area contributed by atoms with E-state index in [4.69, 9.17) is 17.8 Å². The van der Waals surface area contributed by atoms with Crippen LogP contribution in [0.2, 0.25) is 0 Å². The molecule has 2 aliphatic rings. The molecule has 1 aromatic heterocycles. The molecule has 2 aliphatic heterocycles. The number of rotatable bonds is 6. The molecule has 0 aromatic carbocycles. The highest BCUT2D eigenvalue weighted by Gasteiger charge is 2.61. The average Bonchev–Trinajstić information content (AvgIpc) is 2.98. The SMILES string of the molecule is Cc1cn2c(nc1=O)O[C@H]1C(O)C(COS(C)(=O)=O)(COS(C)(=O)=O)O[C@H]12. The summed E-state index contributed by atoms with van der Waals surface area (Å²) in [5, 5.41) is 10.7. The highest BCUT2D eigenvalue weighted by Crippen LogP contribution is 2.44. The van der Waals surface area contributed by atoms with E-state index in [0.717, 1.165) is 12.5 Å². The van der Waals surface area contributed by atoms with E-state index in [1.165, 1.54) is 17.7 Å². The van der Waals surface area contributed by atoms with E-state index < -0.39 is 63.0 Å². The maximum Gasteiger partial charge on any atom is 0.302 e. The molecule has 3 atom stereocenters. The van der Waals surface area contributed by atoms with Gasteiger partial charge in [-0.15, -0.1) is 0 Å². The first-order valence-corrected chi connectivity index (χ1v) is 11.3. The third-order valence-electron chi connectivity index (χ3n) is 4.13. The third-order valence-corrected chi connectivity index (χ3v) is 5.22. The van der Waals surface area contributed by atoms with Crippen LogP contribution in [0.4, 0.5) is 0 Å². The first-order valence-electron chi connectivity index (χ1n) is 7.62. The molecular weight excluding hydrogens is 408 g/mol. The van der Waals surface area contributed by atoms with Crippen molar-refractivity contribution in [2.45, 2.75) is 31.0 Å². The summed E-state index contributed by atoms with van der Waals surface area (Å²) in [5.41, 5.74) is -2.07. The fraction of sp³-hybridized carbons (Fsp3) is 0.692. The minimum atomic E-state index is -3.92. The van der Waals surface area contributed by atoms with Crippen molar-refractivity contribution in [2.24, 2.45) is 0 Å². The molecular formula is C13H18N2O10S2. The Balaban J connectivity index is 1.95. The topological polar surface area (TPSA) is 160 Å². The second-order valence-corrected chi connectivity index (χ2v) is 9.74. The molecule has 0 bridgehead atoms. The Labute approximate surface area is 154 Å². The van der Waals surface area contributed by atoms with Crippen LogP contribution < -0.4 is 10.3 Å².